The minimum absolute atomic E-state index is 0.223. The molecular weight excluding hydrogens is 240 g/mol. The van der Waals surface area contributed by atoms with Crippen molar-refractivity contribution in [3.8, 4) is 0 Å². The van der Waals surface area contributed by atoms with Crippen LogP contribution in [0, 0.1) is 18.8 Å². The topological polar surface area (TPSA) is 29.3 Å². The molecule has 2 heterocycles. The Kier molecular flexibility index (Phi) is 3.48. The molecule has 1 saturated carbocycles. The quantitative estimate of drug-likeness (QED) is 0.908. The molecule has 0 amide bonds. The molecule has 3 rings (SSSR count). The molecule has 100 valence electrons. The van der Waals surface area contributed by atoms with E-state index in [4.69, 9.17) is 5.73 Å². The van der Waals surface area contributed by atoms with Crippen molar-refractivity contribution in [2.75, 3.05) is 13.1 Å². The second kappa shape index (κ2) is 4.95. The second-order valence-electron chi connectivity index (χ2n) is 6.18. The summed E-state index contributed by atoms with van der Waals surface area (Å²) in [4.78, 5) is 4.16. The van der Waals surface area contributed by atoms with Gasteiger partial charge < -0.3 is 5.73 Å². The van der Waals surface area contributed by atoms with E-state index in [1.807, 2.05) is 11.3 Å². The van der Waals surface area contributed by atoms with Crippen molar-refractivity contribution in [3.05, 3.63) is 21.9 Å². The van der Waals surface area contributed by atoms with Crippen LogP contribution in [-0.4, -0.2) is 24.0 Å². The molecule has 1 aliphatic carbocycles. The standard InChI is InChI=1S/C15H24N2S/c1-10-6-7-18-15(10)14(11(2)16)17-8-12-4-3-5-13(12)9-17/h6-7,11-14H,3-5,8-9,16H2,1-2H3. The Morgan fingerprint density at radius 3 is 2.50 bits per heavy atom. The van der Waals surface area contributed by atoms with Gasteiger partial charge in [-0.1, -0.05) is 6.42 Å². The predicted octanol–water partition coefficient (Wildman–Crippen LogP) is 3.18. The van der Waals surface area contributed by atoms with Crippen LogP contribution in [0.5, 0.6) is 0 Å². The van der Waals surface area contributed by atoms with Crippen LogP contribution in [0.4, 0.5) is 0 Å². The summed E-state index contributed by atoms with van der Waals surface area (Å²) in [6.45, 7) is 6.93. The van der Waals surface area contributed by atoms with E-state index in [0.29, 0.717) is 6.04 Å². The average Bonchev–Trinajstić information content (AvgIpc) is 2.95. The van der Waals surface area contributed by atoms with Crippen molar-refractivity contribution in [3.63, 3.8) is 0 Å². The monoisotopic (exact) mass is 264 g/mol. The molecule has 4 unspecified atom stereocenters. The van der Waals surface area contributed by atoms with Gasteiger partial charge in [-0.25, -0.2) is 0 Å². The maximum absolute atomic E-state index is 6.29. The van der Waals surface area contributed by atoms with Crippen LogP contribution < -0.4 is 5.73 Å². The smallest absolute Gasteiger partial charge is 0.0593 e. The molecule has 2 nitrogen and oxygen atoms in total. The van der Waals surface area contributed by atoms with Crippen molar-refractivity contribution < 1.29 is 0 Å². The van der Waals surface area contributed by atoms with Crippen LogP contribution in [0.2, 0.25) is 0 Å². The van der Waals surface area contributed by atoms with E-state index >= 15 is 0 Å². The molecule has 2 aliphatic rings. The van der Waals surface area contributed by atoms with E-state index in [9.17, 15) is 0 Å². The minimum atomic E-state index is 0.223. The van der Waals surface area contributed by atoms with Gasteiger partial charge >= 0.3 is 0 Å². The second-order valence-corrected chi connectivity index (χ2v) is 7.12. The van der Waals surface area contributed by atoms with E-state index in [1.165, 1.54) is 42.8 Å². The number of aryl methyl sites for hydroxylation is 1. The first-order chi connectivity index (χ1) is 8.66. The number of hydrogen-bond donors (Lipinski definition) is 1. The number of nitrogens with two attached hydrogens (primary N) is 1. The van der Waals surface area contributed by atoms with Gasteiger partial charge in [-0.3, -0.25) is 4.90 Å². The van der Waals surface area contributed by atoms with Gasteiger partial charge in [0, 0.05) is 24.0 Å². The molecule has 3 heteroatoms. The lowest BCUT2D eigenvalue weighted by Crippen LogP contribution is -2.38. The van der Waals surface area contributed by atoms with Gasteiger partial charge in [0.2, 0.25) is 0 Å². The fraction of sp³-hybridized carbons (Fsp3) is 0.733. The summed E-state index contributed by atoms with van der Waals surface area (Å²) < 4.78 is 0. The van der Waals surface area contributed by atoms with Crippen LogP contribution in [0.15, 0.2) is 11.4 Å². The number of nitrogens with zero attached hydrogens (tertiary/aromatic N) is 1. The van der Waals surface area contributed by atoms with E-state index in [-0.39, 0.29) is 6.04 Å². The maximum Gasteiger partial charge on any atom is 0.0593 e. The summed E-state index contributed by atoms with van der Waals surface area (Å²) in [5, 5.41) is 2.21. The third-order valence-corrected chi connectivity index (χ3v) is 5.91. The summed E-state index contributed by atoms with van der Waals surface area (Å²) in [6.07, 6.45) is 4.33. The zero-order chi connectivity index (χ0) is 12.7. The number of likely N-dealkylation sites (tertiary alicyclic amines) is 1. The van der Waals surface area contributed by atoms with E-state index < -0.39 is 0 Å². The predicted molar refractivity (Wildman–Crippen MR) is 77.9 cm³/mol. The maximum atomic E-state index is 6.29. The molecule has 0 spiro atoms. The van der Waals surface area contributed by atoms with Gasteiger partial charge in [0.1, 0.15) is 0 Å². The molecule has 1 aliphatic heterocycles. The molecule has 1 aromatic rings. The van der Waals surface area contributed by atoms with Crippen molar-refractivity contribution >= 4 is 11.3 Å². The van der Waals surface area contributed by atoms with E-state index in [0.717, 1.165) is 11.8 Å². The number of rotatable bonds is 3. The summed E-state index contributed by atoms with van der Waals surface area (Å²) in [6, 6.07) is 2.89. The minimum Gasteiger partial charge on any atom is -0.326 e. The number of hydrogen-bond acceptors (Lipinski definition) is 3. The molecular formula is C15H24N2S. The highest BCUT2D eigenvalue weighted by molar-refractivity contribution is 7.10. The highest BCUT2D eigenvalue weighted by Crippen LogP contribution is 2.42. The van der Waals surface area contributed by atoms with Gasteiger partial charge in [-0.05, 0) is 55.5 Å². The molecule has 1 saturated heterocycles. The van der Waals surface area contributed by atoms with Gasteiger partial charge in [0.15, 0.2) is 0 Å². The third-order valence-electron chi connectivity index (χ3n) is 4.82. The zero-order valence-electron chi connectivity index (χ0n) is 11.4. The van der Waals surface area contributed by atoms with Crippen LogP contribution >= 0.6 is 11.3 Å². The molecule has 4 atom stereocenters. The third kappa shape index (κ3) is 2.13. The van der Waals surface area contributed by atoms with Crippen molar-refractivity contribution in [1.29, 1.82) is 0 Å². The summed E-state index contributed by atoms with van der Waals surface area (Å²) in [5.41, 5.74) is 7.71. The normalized spacial score (nSPS) is 31.5. The highest BCUT2D eigenvalue weighted by Gasteiger charge is 2.40. The molecule has 1 aromatic heterocycles. The Balaban J connectivity index is 1.81. The Bertz CT molecular complexity index is 400. The zero-order valence-corrected chi connectivity index (χ0v) is 12.2. The Labute approximate surface area is 114 Å². The van der Waals surface area contributed by atoms with Crippen LogP contribution in [-0.2, 0) is 0 Å². The fourth-order valence-electron chi connectivity index (χ4n) is 3.92. The average molecular weight is 264 g/mol. The van der Waals surface area contributed by atoms with Crippen LogP contribution in [0.3, 0.4) is 0 Å². The number of fused-ring (bicyclic) bond motifs is 1. The fourth-order valence-corrected chi connectivity index (χ4v) is 5.10. The van der Waals surface area contributed by atoms with Crippen molar-refractivity contribution in [2.24, 2.45) is 17.6 Å². The Morgan fingerprint density at radius 2 is 2.00 bits per heavy atom. The van der Waals surface area contributed by atoms with Crippen molar-refractivity contribution in [1.82, 2.24) is 4.90 Å². The van der Waals surface area contributed by atoms with Gasteiger partial charge in [0.25, 0.3) is 0 Å². The van der Waals surface area contributed by atoms with Crippen molar-refractivity contribution in [2.45, 2.75) is 45.2 Å². The Hall–Kier alpha value is -0.380. The van der Waals surface area contributed by atoms with Gasteiger partial charge in [0.05, 0.1) is 6.04 Å². The Morgan fingerprint density at radius 1 is 1.33 bits per heavy atom. The van der Waals surface area contributed by atoms with E-state index in [1.54, 1.807) is 0 Å². The molecule has 0 radical (unpaired) electrons. The molecule has 0 aromatic carbocycles. The first-order valence-corrected chi connectivity index (χ1v) is 8.08. The summed E-state index contributed by atoms with van der Waals surface area (Å²) >= 11 is 1.88. The van der Waals surface area contributed by atoms with Gasteiger partial charge in [-0.2, -0.15) is 0 Å². The SMILES string of the molecule is Cc1ccsc1C(C(C)N)N1CC2CCCC2C1. The first-order valence-electron chi connectivity index (χ1n) is 7.20. The van der Waals surface area contributed by atoms with Crippen LogP contribution in [0.25, 0.3) is 0 Å². The lowest BCUT2D eigenvalue weighted by molar-refractivity contribution is 0.205. The molecule has 0 bridgehead atoms. The summed E-state index contributed by atoms with van der Waals surface area (Å²) in [5.74, 6) is 1.90. The largest absolute Gasteiger partial charge is 0.326 e. The molecule has 2 fully saturated rings. The summed E-state index contributed by atoms with van der Waals surface area (Å²) in [7, 11) is 0. The highest BCUT2D eigenvalue weighted by atomic mass is 32.1. The first kappa shape index (κ1) is 12.6. The number of thiophene rings is 1. The molecule has 2 N–H and O–H groups in total. The van der Waals surface area contributed by atoms with Crippen LogP contribution in [0.1, 0.15) is 42.7 Å². The lowest BCUT2D eigenvalue weighted by atomic mass is 10.0. The van der Waals surface area contributed by atoms with Gasteiger partial charge in [-0.15, -0.1) is 11.3 Å². The van der Waals surface area contributed by atoms with E-state index in [2.05, 4.69) is 30.2 Å². The lowest BCUT2D eigenvalue weighted by Gasteiger charge is -2.31. The molecule has 18 heavy (non-hydrogen) atoms.